The van der Waals surface area contributed by atoms with Crippen LogP contribution in [0.4, 0.5) is 0 Å². The molecule has 14 heavy (non-hydrogen) atoms. The predicted octanol–water partition coefficient (Wildman–Crippen LogP) is 1.23. The van der Waals surface area contributed by atoms with Gasteiger partial charge in [0.25, 0.3) is 0 Å². The van der Waals surface area contributed by atoms with Crippen LogP contribution in [-0.4, -0.2) is 43.8 Å². The van der Waals surface area contributed by atoms with Crippen LogP contribution in [0.1, 0.15) is 32.6 Å². The van der Waals surface area contributed by atoms with Crippen molar-refractivity contribution < 1.29 is 4.74 Å². The van der Waals surface area contributed by atoms with Gasteiger partial charge in [0.15, 0.2) is 0 Å². The van der Waals surface area contributed by atoms with E-state index in [0.29, 0.717) is 6.04 Å². The first-order valence-electron chi connectivity index (χ1n) is 5.90. The minimum Gasteiger partial charge on any atom is -0.380 e. The number of hydrogen-bond donors (Lipinski definition) is 1. The summed E-state index contributed by atoms with van der Waals surface area (Å²) in [6.07, 6.45) is 5.11. The molecule has 1 rings (SSSR count). The lowest BCUT2D eigenvalue weighted by atomic mass is 10.0. The lowest BCUT2D eigenvalue weighted by molar-refractivity contribution is 0.0453. The van der Waals surface area contributed by atoms with Crippen LogP contribution < -0.4 is 5.73 Å². The zero-order valence-corrected chi connectivity index (χ0v) is 9.37. The zero-order chi connectivity index (χ0) is 10.2. The fourth-order valence-corrected chi connectivity index (χ4v) is 2.09. The molecule has 0 aromatic rings. The molecule has 1 atom stereocenters. The molecule has 1 aliphatic rings. The molecule has 0 aliphatic carbocycles. The summed E-state index contributed by atoms with van der Waals surface area (Å²) in [5.41, 5.74) is 5.53. The second-order valence-electron chi connectivity index (χ2n) is 3.99. The van der Waals surface area contributed by atoms with E-state index >= 15 is 0 Å². The first kappa shape index (κ1) is 12.0. The first-order valence-corrected chi connectivity index (χ1v) is 5.90. The van der Waals surface area contributed by atoms with E-state index in [0.717, 1.165) is 32.7 Å². The zero-order valence-electron chi connectivity index (χ0n) is 9.37. The van der Waals surface area contributed by atoms with Gasteiger partial charge in [-0.05, 0) is 45.8 Å². The van der Waals surface area contributed by atoms with Gasteiger partial charge in [0.2, 0.25) is 0 Å². The molecule has 0 saturated carbocycles. The minimum absolute atomic E-state index is 0.648. The molecule has 84 valence electrons. The Morgan fingerprint density at radius 2 is 2.29 bits per heavy atom. The van der Waals surface area contributed by atoms with Crippen LogP contribution in [0.5, 0.6) is 0 Å². The number of piperidine rings is 1. The maximum Gasteiger partial charge on any atom is 0.0621 e. The number of nitrogens with zero attached hydrogens (tertiary/aromatic N) is 1. The third-order valence-corrected chi connectivity index (χ3v) is 2.91. The summed E-state index contributed by atoms with van der Waals surface area (Å²) in [4.78, 5) is 2.55. The number of rotatable bonds is 6. The highest BCUT2D eigenvalue weighted by molar-refractivity contribution is 4.76. The predicted molar refractivity (Wildman–Crippen MR) is 59.4 cm³/mol. The third kappa shape index (κ3) is 3.95. The van der Waals surface area contributed by atoms with E-state index in [1.54, 1.807) is 0 Å². The Morgan fingerprint density at radius 3 is 3.00 bits per heavy atom. The van der Waals surface area contributed by atoms with Gasteiger partial charge in [-0.1, -0.05) is 6.42 Å². The average molecular weight is 200 g/mol. The Hall–Kier alpha value is -0.120. The van der Waals surface area contributed by atoms with Gasteiger partial charge in [0.05, 0.1) is 6.61 Å². The largest absolute Gasteiger partial charge is 0.380 e. The molecule has 0 aromatic heterocycles. The Labute approximate surface area is 87.6 Å². The quantitative estimate of drug-likeness (QED) is 0.701. The van der Waals surface area contributed by atoms with E-state index < -0.39 is 0 Å². The molecule has 0 radical (unpaired) electrons. The Morgan fingerprint density at radius 1 is 1.43 bits per heavy atom. The topological polar surface area (TPSA) is 38.5 Å². The summed E-state index contributed by atoms with van der Waals surface area (Å²) >= 11 is 0. The van der Waals surface area contributed by atoms with Crippen LogP contribution in [0, 0.1) is 0 Å². The number of ether oxygens (including phenoxy) is 1. The van der Waals surface area contributed by atoms with Crippen molar-refractivity contribution in [2.45, 2.75) is 38.6 Å². The second-order valence-corrected chi connectivity index (χ2v) is 3.99. The van der Waals surface area contributed by atoms with Gasteiger partial charge in [0, 0.05) is 12.6 Å². The normalized spacial score (nSPS) is 24.0. The molecular weight excluding hydrogens is 176 g/mol. The van der Waals surface area contributed by atoms with E-state index in [4.69, 9.17) is 10.5 Å². The average Bonchev–Trinajstić information content (AvgIpc) is 2.24. The maximum absolute atomic E-state index is 5.53. The van der Waals surface area contributed by atoms with Crippen LogP contribution in [0.2, 0.25) is 0 Å². The Balaban J connectivity index is 2.26. The van der Waals surface area contributed by atoms with Crippen molar-refractivity contribution in [2.24, 2.45) is 5.73 Å². The van der Waals surface area contributed by atoms with Crippen molar-refractivity contribution in [3.63, 3.8) is 0 Å². The summed E-state index contributed by atoms with van der Waals surface area (Å²) in [5, 5.41) is 0. The fraction of sp³-hybridized carbons (Fsp3) is 1.00. The van der Waals surface area contributed by atoms with Gasteiger partial charge in [0.1, 0.15) is 0 Å². The van der Waals surface area contributed by atoms with Crippen LogP contribution in [-0.2, 0) is 4.74 Å². The van der Waals surface area contributed by atoms with Crippen LogP contribution >= 0.6 is 0 Å². The SMILES string of the molecule is CCOCC1CCCCN1CCCN. The van der Waals surface area contributed by atoms with E-state index in [9.17, 15) is 0 Å². The van der Waals surface area contributed by atoms with Crippen molar-refractivity contribution in [1.29, 1.82) is 0 Å². The molecule has 0 aromatic carbocycles. The summed E-state index contributed by atoms with van der Waals surface area (Å²) in [7, 11) is 0. The van der Waals surface area contributed by atoms with Gasteiger partial charge >= 0.3 is 0 Å². The molecule has 0 bridgehead atoms. The van der Waals surface area contributed by atoms with E-state index in [-0.39, 0.29) is 0 Å². The minimum atomic E-state index is 0.648. The molecule has 1 heterocycles. The fourth-order valence-electron chi connectivity index (χ4n) is 2.09. The second kappa shape index (κ2) is 7.21. The van der Waals surface area contributed by atoms with Gasteiger partial charge in [-0.15, -0.1) is 0 Å². The number of likely N-dealkylation sites (tertiary alicyclic amines) is 1. The lowest BCUT2D eigenvalue weighted by Gasteiger charge is -2.35. The van der Waals surface area contributed by atoms with Gasteiger partial charge in [-0.2, -0.15) is 0 Å². The van der Waals surface area contributed by atoms with Crippen molar-refractivity contribution in [1.82, 2.24) is 4.90 Å². The van der Waals surface area contributed by atoms with Gasteiger partial charge in [-0.25, -0.2) is 0 Å². The Kier molecular flexibility index (Phi) is 6.15. The van der Waals surface area contributed by atoms with E-state index in [1.807, 2.05) is 0 Å². The summed E-state index contributed by atoms with van der Waals surface area (Å²) in [5.74, 6) is 0. The lowest BCUT2D eigenvalue weighted by Crippen LogP contribution is -2.43. The summed E-state index contributed by atoms with van der Waals surface area (Å²) in [6.45, 7) is 6.99. The van der Waals surface area contributed by atoms with Crippen molar-refractivity contribution in [3.05, 3.63) is 0 Å². The highest BCUT2D eigenvalue weighted by Gasteiger charge is 2.21. The molecule has 3 heteroatoms. The van der Waals surface area contributed by atoms with E-state index in [2.05, 4.69) is 11.8 Å². The molecule has 3 nitrogen and oxygen atoms in total. The highest BCUT2D eigenvalue weighted by Crippen LogP contribution is 2.17. The monoisotopic (exact) mass is 200 g/mol. The summed E-state index contributed by atoms with van der Waals surface area (Å²) in [6, 6.07) is 0.648. The highest BCUT2D eigenvalue weighted by atomic mass is 16.5. The molecule has 2 N–H and O–H groups in total. The standard InChI is InChI=1S/C11H24N2O/c1-2-14-10-11-6-3-4-8-13(11)9-5-7-12/h11H,2-10,12H2,1H3. The van der Waals surface area contributed by atoms with E-state index in [1.165, 1.54) is 25.8 Å². The smallest absolute Gasteiger partial charge is 0.0621 e. The number of hydrogen-bond acceptors (Lipinski definition) is 3. The molecule has 1 fully saturated rings. The van der Waals surface area contributed by atoms with Crippen LogP contribution in [0.3, 0.4) is 0 Å². The molecule has 1 saturated heterocycles. The molecule has 1 aliphatic heterocycles. The third-order valence-electron chi connectivity index (χ3n) is 2.91. The van der Waals surface area contributed by atoms with Crippen molar-refractivity contribution >= 4 is 0 Å². The van der Waals surface area contributed by atoms with Crippen molar-refractivity contribution in [3.8, 4) is 0 Å². The summed E-state index contributed by atoms with van der Waals surface area (Å²) < 4.78 is 5.51. The molecule has 0 spiro atoms. The number of nitrogens with two attached hydrogens (primary N) is 1. The molecular formula is C11H24N2O. The van der Waals surface area contributed by atoms with Crippen molar-refractivity contribution in [2.75, 3.05) is 32.8 Å². The van der Waals surface area contributed by atoms with Crippen LogP contribution in [0.25, 0.3) is 0 Å². The van der Waals surface area contributed by atoms with Gasteiger partial charge < -0.3 is 10.5 Å². The maximum atomic E-state index is 5.53. The Bertz CT molecular complexity index is 125. The molecule has 1 unspecified atom stereocenters. The van der Waals surface area contributed by atoms with Gasteiger partial charge in [-0.3, -0.25) is 4.90 Å². The first-order chi connectivity index (χ1) is 6.88. The van der Waals surface area contributed by atoms with Crippen LogP contribution in [0.15, 0.2) is 0 Å². The molecule has 0 amide bonds.